The number of hydrogen-bond acceptors (Lipinski definition) is 4. The van der Waals surface area contributed by atoms with E-state index in [1.54, 1.807) is 0 Å². The molecule has 2 atom stereocenters. The number of carboxylic acids is 1. The molecule has 5 N–H and O–H groups in total. The standard InChI is InChI=1S/C9H18N2O2.C2HF3O2/c1-2-3-7(10)8(12)9(13)11-6-4-5-6;3-2(4,5)1(6)7/h6-8,12H,2-5,10H2,1H3,(H,11,13);(H,6,7)/t7-,8?;/m0./s1. The number of aliphatic carboxylic acids is 1. The molecule has 0 aromatic carbocycles. The molecule has 6 nitrogen and oxygen atoms in total. The van der Waals surface area contributed by atoms with Gasteiger partial charge in [0, 0.05) is 12.1 Å². The third kappa shape index (κ3) is 7.95. The van der Waals surface area contributed by atoms with Gasteiger partial charge in [-0.3, -0.25) is 4.79 Å². The molecule has 1 saturated carbocycles. The van der Waals surface area contributed by atoms with E-state index in [4.69, 9.17) is 15.6 Å². The van der Waals surface area contributed by atoms with E-state index in [9.17, 15) is 23.1 Å². The summed E-state index contributed by atoms with van der Waals surface area (Å²) in [7, 11) is 0. The number of carbonyl (C=O) groups is 2. The van der Waals surface area contributed by atoms with E-state index in [0.717, 1.165) is 19.3 Å². The summed E-state index contributed by atoms with van der Waals surface area (Å²) in [6, 6.07) is -0.139. The summed E-state index contributed by atoms with van der Waals surface area (Å²) in [5.41, 5.74) is 5.61. The normalized spacial score (nSPS) is 17.5. The summed E-state index contributed by atoms with van der Waals surface area (Å²) in [5, 5.41) is 19.3. The van der Waals surface area contributed by atoms with Crippen LogP contribution in [0.2, 0.25) is 0 Å². The summed E-state index contributed by atoms with van der Waals surface area (Å²) < 4.78 is 31.7. The largest absolute Gasteiger partial charge is 0.490 e. The first-order valence-corrected chi connectivity index (χ1v) is 6.13. The van der Waals surface area contributed by atoms with Crippen LogP contribution in [0.3, 0.4) is 0 Å². The first kappa shape index (κ1) is 18.7. The third-order valence-electron chi connectivity index (χ3n) is 2.46. The highest BCUT2D eigenvalue weighted by molar-refractivity contribution is 5.81. The van der Waals surface area contributed by atoms with Crippen molar-refractivity contribution in [3.63, 3.8) is 0 Å². The first-order valence-electron chi connectivity index (χ1n) is 6.13. The van der Waals surface area contributed by atoms with Crippen LogP contribution in [-0.4, -0.2) is 46.5 Å². The van der Waals surface area contributed by atoms with Crippen molar-refractivity contribution < 1.29 is 33.0 Å². The minimum atomic E-state index is -5.08. The summed E-state index contributed by atoms with van der Waals surface area (Å²) >= 11 is 0. The van der Waals surface area contributed by atoms with Crippen LogP contribution in [0.15, 0.2) is 0 Å². The molecule has 118 valence electrons. The number of nitrogens with two attached hydrogens (primary N) is 1. The van der Waals surface area contributed by atoms with Crippen LogP contribution in [0.4, 0.5) is 13.2 Å². The number of hydrogen-bond donors (Lipinski definition) is 4. The second kappa shape index (κ2) is 8.05. The fraction of sp³-hybridized carbons (Fsp3) is 0.818. The topological polar surface area (TPSA) is 113 Å². The monoisotopic (exact) mass is 300 g/mol. The molecule has 0 aromatic rings. The molecular weight excluding hydrogens is 281 g/mol. The van der Waals surface area contributed by atoms with Gasteiger partial charge in [-0.2, -0.15) is 13.2 Å². The van der Waals surface area contributed by atoms with Gasteiger partial charge in [0.15, 0.2) is 0 Å². The van der Waals surface area contributed by atoms with E-state index < -0.39 is 24.3 Å². The highest BCUT2D eigenvalue weighted by atomic mass is 19.4. The molecule has 0 spiro atoms. The van der Waals surface area contributed by atoms with Crippen LogP contribution < -0.4 is 11.1 Å². The van der Waals surface area contributed by atoms with Gasteiger partial charge in [-0.1, -0.05) is 13.3 Å². The van der Waals surface area contributed by atoms with E-state index in [2.05, 4.69) is 5.32 Å². The molecule has 1 unspecified atom stereocenters. The van der Waals surface area contributed by atoms with Crippen LogP contribution >= 0.6 is 0 Å². The van der Waals surface area contributed by atoms with Crippen LogP contribution in [-0.2, 0) is 9.59 Å². The zero-order valence-corrected chi connectivity index (χ0v) is 11.0. The van der Waals surface area contributed by atoms with E-state index in [-0.39, 0.29) is 11.9 Å². The van der Waals surface area contributed by atoms with Gasteiger partial charge in [-0.25, -0.2) is 4.79 Å². The molecule has 20 heavy (non-hydrogen) atoms. The summed E-state index contributed by atoms with van der Waals surface area (Å²) in [6.07, 6.45) is -2.50. The molecule has 1 aliphatic rings. The second-order valence-corrected chi connectivity index (χ2v) is 4.48. The van der Waals surface area contributed by atoms with Crippen molar-refractivity contribution in [1.29, 1.82) is 0 Å². The number of nitrogens with one attached hydrogen (secondary N) is 1. The Kier molecular flexibility index (Phi) is 7.51. The molecule has 1 aliphatic carbocycles. The Morgan fingerprint density at radius 3 is 2.15 bits per heavy atom. The quantitative estimate of drug-likeness (QED) is 0.586. The number of carboxylic acid groups (broad SMARTS) is 1. The number of amides is 1. The lowest BCUT2D eigenvalue weighted by molar-refractivity contribution is -0.192. The third-order valence-corrected chi connectivity index (χ3v) is 2.46. The Labute approximate surface area is 114 Å². The van der Waals surface area contributed by atoms with E-state index >= 15 is 0 Å². The molecule has 0 aliphatic heterocycles. The lowest BCUT2D eigenvalue weighted by atomic mass is 10.1. The van der Waals surface area contributed by atoms with Gasteiger partial charge in [-0.05, 0) is 19.3 Å². The van der Waals surface area contributed by atoms with Crippen molar-refractivity contribution in [3.8, 4) is 0 Å². The van der Waals surface area contributed by atoms with E-state index in [0.29, 0.717) is 6.42 Å². The average molecular weight is 300 g/mol. The maximum absolute atomic E-state index is 11.3. The van der Waals surface area contributed by atoms with Crippen molar-refractivity contribution >= 4 is 11.9 Å². The Hall–Kier alpha value is -1.35. The Morgan fingerprint density at radius 1 is 1.40 bits per heavy atom. The van der Waals surface area contributed by atoms with Crippen LogP contribution in [0, 0.1) is 0 Å². The van der Waals surface area contributed by atoms with Gasteiger partial charge in [0.05, 0.1) is 0 Å². The maximum Gasteiger partial charge on any atom is 0.490 e. The van der Waals surface area contributed by atoms with Gasteiger partial charge in [0.25, 0.3) is 5.91 Å². The summed E-state index contributed by atoms with van der Waals surface area (Å²) in [4.78, 5) is 20.2. The van der Waals surface area contributed by atoms with Crippen molar-refractivity contribution in [2.75, 3.05) is 0 Å². The molecule has 9 heteroatoms. The lowest BCUT2D eigenvalue weighted by Gasteiger charge is -2.17. The highest BCUT2D eigenvalue weighted by Gasteiger charge is 2.38. The summed E-state index contributed by atoms with van der Waals surface area (Å²) in [6.45, 7) is 1.98. The predicted octanol–water partition coefficient (Wildman–Crippen LogP) is 0.387. The lowest BCUT2D eigenvalue weighted by Crippen LogP contribution is -2.46. The number of halogens is 3. The number of aliphatic hydroxyl groups excluding tert-OH is 1. The van der Waals surface area contributed by atoms with Crippen LogP contribution in [0.1, 0.15) is 32.6 Å². The summed E-state index contributed by atoms with van der Waals surface area (Å²) in [5.74, 6) is -3.07. The van der Waals surface area contributed by atoms with Gasteiger partial charge >= 0.3 is 12.1 Å². The smallest absolute Gasteiger partial charge is 0.475 e. The molecule has 0 heterocycles. The molecule has 0 aromatic heterocycles. The average Bonchev–Trinajstić information content (AvgIpc) is 3.11. The number of aliphatic hydroxyl groups is 1. The van der Waals surface area contributed by atoms with Crippen molar-refractivity contribution in [2.45, 2.75) is 57.0 Å². The molecule has 0 saturated heterocycles. The molecule has 1 amide bonds. The Bertz CT molecular complexity index is 332. The predicted molar refractivity (Wildman–Crippen MR) is 63.7 cm³/mol. The zero-order chi connectivity index (χ0) is 15.9. The van der Waals surface area contributed by atoms with Gasteiger partial charge in [0.1, 0.15) is 6.10 Å². The van der Waals surface area contributed by atoms with Crippen LogP contribution in [0.5, 0.6) is 0 Å². The van der Waals surface area contributed by atoms with Crippen molar-refractivity contribution in [2.24, 2.45) is 5.73 Å². The molecule has 0 bridgehead atoms. The zero-order valence-electron chi connectivity index (χ0n) is 11.0. The minimum absolute atomic E-state index is 0.288. The highest BCUT2D eigenvalue weighted by Crippen LogP contribution is 2.18. The molecule has 1 fully saturated rings. The van der Waals surface area contributed by atoms with Crippen molar-refractivity contribution in [1.82, 2.24) is 5.32 Å². The number of carbonyl (C=O) groups excluding carboxylic acids is 1. The Morgan fingerprint density at radius 2 is 1.85 bits per heavy atom. The molecular formula is C11H19F3N2O4. The Balaban J connectivity index is 0.000000441. The van der Waals surface area contributed by atoms with Crippen LogP contribution in [0.25, 0.3) is 0 Å². The van der Waals surface area contributed by atoms with E-state index in [1.807, 2.05) is 6.92 Å². The van der Waals surface area contributed by atoms with Crippen molar-refractivity contribution in [3.05, 3.63) is 0 Å². The number of alkyl halides is 3. The first-order chi connectivity index (χ1) is 9.09. The number of rotatable bonds is 5. The fourth-order valence-corrected chi connectivity index (χ4v) is 1.20. The SMILES string of the molecule is CCC[C@H](N)C(O)C(=O)NC1CC1.O=C(O)C(F)(F)F. The van der Waals surface area contributed by atoms with Gasteiger partial charge in [-0.15, -0.1) is 0 Å². The molecule has 1 rings (SSSR count). The molecule has 0 radical (unpaired) electrons. The second-order valence-electron chi connectivity index (χ2n) is 4.48. The van der Waals surface area contributed by atoms with E-state index in [1.165, 1.54) is 0 Å². The fourth-order valence-electron chi connectivity index (χ4n) is 1.20. The van der Waals surface area contributed by atoms with Gasteiger partial charge in [0.2, 0.25) is 0 Å². The maximum atomic E-state index is 11.3. The van der Waals surface area contributed by atoms with Gasteiger partial charge < -0.3 is 21.3 Å². The minimum Gasteiger partial charge on any atom is -0.475 e.